The van der Waals surface area contributed by atoms with E-state index in [4.69, 9.17) is 11.5 Å². The average molecular weight is 168 g/mol. The number of hydrogen-bond acceptors (Lipinski definition) is 2. The second-order valence-corrected chi connectivity index (χ2v) is 2.37. The van der Waals surface area contributed by atoms with Crippen LogP contribution in [-0.2, 0) is 6.54 Å². The van der Waals surface area contributed by atoms with Gasteiger partial charge >= 0.3 is 0 Å². The number of carbonyl (C=O) groups is 1. The molecule has 0 saturated carbocycles. The number of rotatable bonds is 2. The van der Waals surface area contributed by atoms with Crippen LogP contribution in [0.15, 0.2) is 18.2 Å². The third kappa shape index (κ3) is 1.60. The Kier molecular flexibility index (Phi) is 2.40. The Morgan fingerprint density at radius 1 is 1.50 bits per heavy atom. The number of primary amides is 1. The first-order chi connectivity index (χ1) is 5.65. The van der Waals surface area contributed by atoms with E-state index in [0.29, 0.717) is 5.56 Å². The van der Waals surface area contributed by atoms with E-state index >= 15 is 0 Å². The summed E-state index contributed by atoms with van der Waals surface area (Å²) in [4.78, 5) is 10.7. The maximum Gasteiger partial charge on any atom is 0.249 e. The zero-order chi connectivity index (χ0) is 9.14. The second-order valence-electron chi connectivity index (χ2n) is 2.37. The third-order valence-corrected chi connectivity index (χ3v) is 1.56. The van der Waals surface area contributed by atoms with Crippen LogP contribution >= 0.6 is 0 Å². The minimum absolute atomic E-state index is 0.150. The van der Waals surface area contributed by atoms with Gasteiger partial charge in [-0.05, 0) is 17.7 Å². The van der Waals surface area contributed by atoms with Gasteiger partial charge in [0, 0.05) is 12.1 Å². The molecule has 0 spiro atoms. The molecule has 1 aromatic rings. The fourth-order valence-corrected chi connectivity index (χ4v) is 0.956. The van der Waals surface area contributed by atoms with Gasteiger partial charge in [-0.1, -0.05) is 6.07 Å². The third-order valence-electron chi connectivity index (χ3n) is 1.56. The largest absolute Gasteiger partial charge is 0.366 e. The van der Waals surface area contributed by atoms with Crippen LogP contribution in [-0.4, -0.2) is 5.91 Å². The molecule has 0 aliphatic rings. The molecule has 64 valence electrons. The SMILES string of the molecule is NCc1ccc(F)cc1C(N)=O. The van der Waals surface area contributed by atoms with Gasteiger partial charge in [-0.3, -0.25) is 4.79 Å². The lowest BCUT2D eigenvalue weighted by Crippen LogP contribution is -2.15. The Balaban J connectivity index is 3.21. The molecule has 0 saturated heterocycles. The molecule has 1 aromatic carbocycles. The molecule has 3 nitrogen and oxygen atoms in total. The molecule has 0 radical (unpaired) electrons. The van der Waals surface area contributed by atoms with E-state index in [0.717, 1.165) is 6.07 Å². The molecular formula is C8H9FN2O. The van der Waals surface area contributed by atoms with Crippen LogP contribution in [0.25, 0.3) is 0 Å². The van der Waals surface area contributed by atoms with Crippen molar-refractivity contribution in [3.05, 3.63) is 35.1 Å². The summed E-state index contributed by atoms with van der Waals surface area (Å²) in [6.45, 7) is 0.179. The quantitative estimate of drug-likeness (QED) is 0.670. The first-order valence-electron chi connectivity index (χ1n) is 3.43. The lowest BCUT2D eigenvalue weighted by atomic mass is 10.1. The average Bonchev–Trinajstić information content (AvgIpc) is 2.04. The van der Waals surface area contributed by atoms with Crippen molar-refractivity contribution < 1.29 is 9.18 Å². The van der Waals surface area contributed by atoms with Crippen molar-refractivity contribution in [3.8, 4) is 0 Å². The van der Waals surface area contributed by atoms with Crippen LogP contribution in [0, 0.1) is 5.82 Å². The molecule has 12 heavy (non-hydrogen) atoms. The normalized spacial score (nSPS) is 9.83. The van der Waals surface area contributed by atoms with E-state index < -0.39 is 11.7 Å². The fourth-order valence-electron chi connectivity index (χ4n) is 0.956. The monoisotopic (exact) mass is 168 g/mol. The number of carbonyl (C=O) groups excluding carboxylic acids is 1. The molecule has 0 atom stereocenters. The summed E-state index contributed by atoms with van der Waals surface area (Å²) in [6, 6.07) is 3.79. The summed E-state index contributed by atoms with van der Waals surface area (Å²) in [5.74, 6) is -1.14. The van der Waals surface area contributed by atoms with Crippen molar-refractivity contribution in [1.82, 2.24) is 0 Å². The predicted octanol–water partition coefficient (Wildman–Crippen LogP) is 0.383. The topological polar surface area (TPSA) is 69.1 Å². The van der Waals surface area contributed by atoms with Gasteiger partial charge in [-0.25, -0.2) is 4.39 Å². The van der Waals surface area contributed by atoms with Crippen molar-refractivity contribution in [3.63, 3.8) is 0 Å². The van der Waals surface area contributed by atoms with Gasteiger partial charge in [-0.15, -0.1) is 0 Å². The van der Waals surface area contributed by atoms with Crippen LogP contribution in [0.5, 0.6) is 0 Å². The Morgan fingerprint density at radius 2 is 2.17 bits per heavy atom. The maximum absolute atomic E-state index is 12.6. The highest BCUT2D eigenvalue weighted by molar-refractivity contribution is 5.94. The summed E-state index contributed by atoms with van der Waals surface area (Å²) < 4.78 is 12.6. The number of hydrogen-bond donors (Lipinski definition) is 2. The van der Waals surface area contributed by atoms with Crippen molar-refractivity contribution in [2.24, 2.45) is 11.5 Å². The van der Waals surface area contributed by atoms with Gasteiger partial charge in [0.25, 0.3) is 0 Å². The van der Waals surface area contributed by atoms with Gasteiger partial charge < -0.3 is 11.5 Å². The smallest absolute Gasteiger partial charge is 0.249 e. The van der Waals surface area contributed by atoms with Crippen molar-refractivity contribution in [2.75, 3.05) is 0 Å². The predicted molar refractivity (Wildman–Crippen MR) is 42.8 cm³/mol. The van der Waals surface area contributed by atoms with E-state index in [1.807, 2.05) is 0 Å². The van der Waals surface area contributed by atoms with Gasteiger partial charge in [0.2, 0.25) is 5.91 Å². The maximum atomic E-state index is 12.6. The highest BCUT2D eigenvalue weighted by Gasteiger charge is 2.07. The first kappa shape index (κ1) is 8.67. The Hall–Kier alpha value is -1.42. The number of benzene rings is 1. The van der Waals surface area contributed by atoms with E-state index in [-0.39, 0.29) is 12.1 Å². The molecule has 0 fully saturated rings. The standard InChI is InChI=1S/C8H9FN2O/c9-6-2-1-5(4-10)7(3-6)8(11)12/h1-3H,4,10H2,(H2,11,12). The number of nitrogens with two attached hydrogens (primary N) is 2. The molecule has 0 aliphatic carbocycles. The van der Waals surface area contributed by atoms with E-state index in [1.54, 1.807) is 0 Å². The lowest BCUT2D eigenvalue weighted by molar-refractivity contribution is 0.0999. The zero-order valence-electron chi connectivity index (χ0n) is 6.38. The molecule has 4 heteroatoms. The summed E-state index contributed by atoms with van der Waals surface area (Å²) >= 11 is 0. The minimum atomic E-state index is -0.657. The molecule has 4 N–H and O–H groups in total. The second kappa shape index (κ2) is 3.32. The van der Waals surface area contributed by atoms with E-state index in [1.165, 1.54) is 12.1 Å². The van der Waals surface area contributed by atoms with Crippen LogP contribution < -0.4 is 11.5 Å². The molecular weight excluding hydrogens is 159 g/mol. The van der Waals surface area contributed by atoms with Crippen molar-refractivity contribution >= 4 is 5.91 Å². The van der Waals surface area contributed by atoms with Crippen molar-refractivity contribution in [1.29, 1.82) is 0 Å². The van der Waals surface area contributed by atoms with E-state index in [2.05, 4.69) is 0 Å². The minimum Gasteiger partial charge on any atom is -0.366 e. The van der Waals surface area contributed by atoms with Crippen molar-refractivity contribution in [2.45, 2.75) is 6.54 Å². The van der Waals surface area contributed by atoms with Gasteiger partial charge in [0.05, 0.1) is 0 Å². The van der Waals surface area contributed by atoms with Crippen LogP contribution in [0.2, 0.25) is 0 Å². The lowest BCUT2D eigenvalue weighted by Gasteiger charge is -2.02. The summed E-state index contributed by atoms with van der Waals surface area (Å²) in [6.07, 6.45) is 0. The number of halogens is 1. The van der Waals surface area contributed by atoms with E-state index in [9.17, 15) is 9.18 Å². The Labute approximate surface area is 69.2 Å². The molecule has 1 amide bonds. The highest BCUT2D eigenvalue weighted by Crippen LogP contribution is 2.09. The van der Waals surface area contributed by atoms with Crippen LogP contribution in [0.1, 0.15) is 15.9 Å². The van der Waals surface area contributed by atoms with Gasteiger partial charge in [0.1, 0.15) is 5.82 Å². The number of amides is 1. The summed E-state index contributed by atoms with van der Waals surface area (Å²) in [5, 5.41) is 0. The first-order valence-corrected chi connectivity index (χ1v) is 3.43. The molecule has 1 rings (SSSR count). The van der Waals surface area contributed by atoms with Crippen LogP contribution in [0.3, 0.4) is 0 Å². The molecule has 0 heterocycles. The molecule has 0 bridgehead atoms. The van der Waals surface area contributed by atoms with Gasteiger partial charge in [-0.2, -0.15) is 0 Å². The fraction of sp³-hybridized carbons (Fsp3) is 0.125. The zero-order valence-corrected chi connectivity index (χ0v) is 6.38. The molecule has 0 unspecified atom stereocenters. The Morgan fingerprint density at radius 3 is 2.67 bits per heavy atom. The highest BCUT2D eigenvalue weighted by atomic mass is 19.1. The molecule has 0 aliphatic heterocycles. The summed E-state index contributed by atoms with van der Waals surface area (Å²) in [5.41, 5.74) is 11.0. The van der Waals surface area contributed by atoms with Gasteiger partial charge in [0.15, 0.2) is 0 Å². The van der Waals surface area contributed by atoms with Crippen LogP contribution in [0.4, 0.5) is 4.39 Å². The molecule has 0 aromatic heterocycles. The summed E-state index contributed by atoms with van der Waals surface area (Å²) in [7, 11) is 0. The Bertz CT molecular complexity index is 312.